The van der Waals surface area contributed by atoms with Gasteiger partial charge < -0.3 is 26.0 Å². The highest BCUT2D eigenvalue weighted by Crippen LogP contribution is 2.18. The van der Waals surface area contributed by atoms with E-state index in [2.05, 4.69) is 36.1 Å². The van der Waals surface area contributed by atoms with Gasteiger partial charge in [0.1, 0.15) is 11.9 Å². The standard InChI is InChI=1S/C28H26F3N7O5/c29-28(30,31)26(41)43-25(40)21(37-27(42)36-20-7-2-1-3-8-20)17-34-24(39)18-10-11-22-19(15-18)16-35-38(22)14-6-13-33-23-9-4-5-12-32-23/h1-5,7-12,15-16,21H,6,13-14,17H2,(H,32,33)(H,34,39)(H2,36,37,42)/t21-/m0/s1. The number of urea groups is 1. The monoisotopic (exact) mass is 597 g/mol. The summed E-state index contributed by atoms with van der Waals surface area (Å²) in [7, 11) is 0. The van der Waals surface area contributed by atoms with Gasteiger partial charge in [-0.1, -0.05) is 24.3 Å². The predicted molar refractivity (Wildman–Crippen MR) is 149 cm³/mol. The van der Waals surface area contributed by atoms with Crippen LogP contribution in [-0.4, -0.2) is 63.9 Å². The highest BCUT2D eigenvalue weighted by Gasteiger charge is 2.43. The Labute approximate surface area is 242 Å². The number of esters is 2. The Morgan fingerprint density at radius 1 is 0.977 bits per heavy atom. The number of rotatable bonds is 11. The molecule has 2 aromatic carbocycles. The molecule has 224 valence electrons. The number of halogens is 3. The Balaban J connectivity index is 1.37. The van der Waals surface area contributed by atoms with Crippen molar-refractivity contribution in [3.05, 3.63) is 84.7 Å². The summed E-state index contributed by atoms with van der Waals surface area (Å²) < 4.78 is 43.6. The number of aromatic nitrogens is 3. The van der Waals surface area contributed by atoms with Crippen molar-refractivity contribution in [2.24, 2.45) is 0 Å². The minimum atomic E-state index is -5.44. The summed E-state index contributed by atoms with van der Waals surface area (Å²) in [6.45, 7) is 0.575. The minimum absolute atomic E-state index is 0.163. The van der Waals surface area contributed by atoms with Gasteiger partial charge in [-0.3, -0.25) is 9.48 Å². The van der Waals surface area contributed by atoms with Crippen LogP contribution in [0.3, 0.4) is 0 Å². The first kappa shape index (κ1) is 30.5. The van der Waals surface area contributed by atoms with Crippen LogP contribution in [0.4, 0.5) is 29.5 Å². The molecule has 12 nitrogen and oxygen atoms in total. The number of hydrogen-bond acceptors (Lipinski definition) is 8. The van der Waals surface area contributed by atoms with Crippen LogP contribution in [0.1, 0.15) is 16.8 Å². The smallest absolute Gasteiger partial charge is 0.385 e. The number of amides is 3. The number of nitrogens with one attached hydrogen (secondary N) is 4. The summed E-state index contributed by atoms with van der Waals surface area (Å²) in [5.74, 6) is -4.40. The summed E-state index contributed by atoms with van der Waals surface area (Å²) in [5, 5.41) is 15.1. The van der Waals surface area contributed by atoms with Crippen LogP contribution < -0.4 is 21.3 Å². The fourth-order valence-electron chi connectivity index (χ4n) is 3.88. The van der Waals surface area contributed by atoms with Gasteiger partial charge in [-0.2, -0.15) is 18.3 Å². The lowest BCUT2D eigenvalue weighted by Crippen LogP contribution is -2.51. The number of anilines is 2. The lowest BCUT2D eigenvalue weighted by Gasteiger charge is -2.18. The van der Waals surface area contributed by atoms with E-state index in [1.165, 1.54) is 18.2 Å². The molecule has 43 heavy (non-hydrogen) atoms. The van der Waals surface area contributed by atoms with Crippen molar-refractivity contribution < 1.29 is 37.1 Å². The molecule has 0 saturated heterocycles. The second-order valence-corrected chi connectivity index (χ2v) is 9.07. The molecule has 0 bridgehead atoms. The summed E-state index contributed by atoms with van der Waals surface area (Å²) in [6, 6.07) is 15.5. The van der Waals surface area contributed by atoms with Crippen LogP contribution in [0.25, 0.3) is 10.9 Å². The van der Waals surface area contributed by atoms with Crippen molar-refractivity contribution in [2.75, 3.05) is 23.7 Å². The topological polar surface area (TPSA) is 156 Å². The molecule has 0 unspecified atom stereocenters. The van der Waals surface area contributed by atoms with Gasteiger partial charge in [0.2, 0.25) is 0 Å². The number of carbonyl (C=O) groups excluding carboxylic acids is 4. The zero-order chi connectivity index (χ0) is 30.8. The van der Waals surface area contributed by atoms with Gasteiger partial charge in [0.05, 0.1) is 11.7 Å². The molecule has 0 aliphatic heterocycles. The fraction of sp³-hybridized carbons (Fsp3) is 0.214. The number of para-hydroxylation sites is 1. The van der Waals surface area contributed by atoms with E-state index in [9.17, 15) is 32.3 Å². The molecular formula is C28H26F3N7O5. The molecule has 0 aliphatic rings. The van der Waals surface area contributed by atoms with Crippen LogP contribution >= 0.6 is 0 Å². The van der Waals surface area contributed by atoms with Crippen LogP contribution in [0.2, 0.25) is 0 Å². The molecule has 4 rings (SSSR count). The Bertz CT molecular complexity index is 1580. The predicted octanol–water partition coefficient (Wildman–Crippen LogP) is 3.49. The van der Waals surface area contributed by atoms with E-state index in [0.29, 0.717) is 24.2 Å². The number of nitrogens with zero attached hydrogens (tertiary/aromatic N) is 3. The number of alkyl halides is 3. The molecule has 0 spiro atoms. The molecule has 4 aromatic rings. The number of benzene rings is 2. The number of carbonyl (C=O) groups is 4. The molecule has 15 heteroatoms. The quantitative estimate of drug-likeness (QED) is 0.116. The maximum atomic E-state index is 12.8. The van der Waals surface area contributed by atoms with Crippen molar-refractivity contribution in [1.82, 2.24) is 25.4 Å². The van der Waals surface area contributed by atoms with Gasteiger partial charge in [0, 0.05) is 42.5 Å². The van der Waals surface area contributed by atoms with Gasteiger partial charge >= 0.3 is 24.1 Å². The van der Waals surface area contributed by atoms with Gasteiger partial charge in [-0.15, -0.1) is 0 Å². The average Bonchev–Trinajstić information content (AvgIpc) is 3.40. The molecule has 0 radical (unpaired) electrons. The zero-order valence-electron chi connectivity index (χ0n) is 22.4. The minimum Gasteiger partial charge on any atom is -0.385 e. The Hall–Kier alpha value is -5.47. The third kappa shape index (κ3) is 8.76. The molecule has 2 aromatic heterocycles. The Kier molecular flexibility index (Phi) is 9.88. The van der Waals surface area contributed by atoms with Gasteiger partial charge in [-0.25, -0.2) is 19.4 Å². The molecule has 1 atom stereocenters. The third-order valence-corrected chi connectivity index (χ3v) is 5.93. The van der Waals surface area contributed by atoms with E-state index < -0.39 is 42.6 Å². The summed E-state index contributed by atoms with van der Waals surface area (Å²) in [4.78, 5) is 53.0. The van der Waals surface area contributed by atoms with E-state index in [1.54, 1.807) is 47.4 Å². The van der Waals surface area contributed by atoms with Crippen LogP contribution in [0.15, 0.2) is 79.1 Å². The van der Waals surface area contributed by atoms with Crippen molar-refractivity contribution in [1.29, 1.82) is 0 Å². The van der Waals surface area contributed by atoms with Crippen LogP contribution in [0.5, 0.6) is 0 Å². The van der Waals surface area contributed by atoms with E-state index in [1.807, 2.05) is 18.2 Å². The number of ether oxygens (including phenoxy) is 1. The summed E-state index contributed by atoms with van der Waals surface area (Å²) >= 11 is 0. The SMILES string of the molecule is O=C(Nc1ccccc1)N[C@@H](CNC(=O)c1ccc2c(cnn2CCCNc2ccccn2)c1)C(=O)OC(=O)C(F)(F)F. The summed E-state index contributed by atoms with van der Waals surface area (Å²) in [5.41, 5.74) is 1.25. The second kappa shape index (κ2) is 13.9. The molecule has 0 fully saturated rings. The molecule has 3 amide bonds. The van der Waals surface area contributed by atoms with Gasteiger partial charge in [-0.05, 0) is 48.9 Å². The lowest BCUT2D eigenvalue weighted by atomic mass is 10.1. The van der Waals surface area contributed by atoms with Gasteiger partial charge in [0.25, 0.3) is 5.91 Å². The van der Waals surface area contributed by atoms with Crippen molar-refractivity contribution in [2.45, 2.75) is 25.2 Å². The number of pyridine rings is 1. The normalized spacial score (nSPS) is 11.8. The maximum Gasteiger partial charge on any atom is 0.491 e. The number of fused-ring (bicyclic) bond motifs is 1. The third-order valence-electron chi connectivity index (χ3n) is 5.93. The number of aryl methyl sites for hydroxylation is 1. The first-order chi connectivity index (χ1) is 20.6. The average molecular weight is 598 g/mol. The molecular weight excluding hydrogens is 571 g/mol. The van der Waals surface area contributed by atoms with Gasteiger partial charge in [0.15, 0.2) is 0 Å². The van der Waals surface area contributed by atoms with E-state index >= 15 is 0 Å². The van der Waals surface area contributed by atoms with E-state index in [4.69, 9.17) is 0 Å². The van der Waals surface area contributed by atoms with E-state index in [0.717, 1.165) is 17.8 Å². The largest absolute Gasteiger partial charge is 0.491 e. The Morgan fingerprint density at radius 2 is 1.74 bits per heavy atom. The second-order valence-electron chi connectivity index (χ2n) is 9.07. The maximum absolute atomic E-state index is 12.8. The molecule has 0 saturated carbocycles. The first-order valence-electron chi connectivity index (χ1n) is 12.9. The summed E-state index contributed by atoms with van der Waals surface area (Å²) in [6.07, 6.45) is -1.42. The van der Waals surface area contributed by atoms with Crippen LogP contribution in [-0.2, 0) is 20.9 Å². The lowest BCUT2D eigenvalue weighted by molar-refractivity contribution is -0.202. The molecule has 2 heterocycles. The van der Waals surface area contributed by atoms with Crippen molar-refractivity contribution in [3.8, 4) is 0 Å². The van der Waals surface area contributed by atoms with Crippen LogP contribution in [0, 0.1) is 0 Å². The molecule has 0 aliphatic carbocycles. The fourth-order valence-corrected chi connectivity index (χ4v) is 3.88. The number of hydrogen-bond donors (Lipinski definition) is 4. The Morgan fingerprint density at radius 3 is 2.47 bits per heavy atom. The first-order valence-corrected chi connectivity index (χ1v) is 12.9. The highest BCUT2D eigenvalue weighted by atomic mass is 19.4. The molecule has 4 N–H and O–H groups in total. The van der Waals surface area contributed by atoms with Crippen molar-refractivity contribution in [3.63, 3.8) is 0 Å². The van der Waals surface area contributed by atoms with Crippen molar-refractivity contribution >= 4 is 46.3 Å². The zero-order valence-corrected chi connectivity index (χ0v) is 22.4. The van der Waals surface area contributed by atoms with E-state index in [-0.39, 0.29) is 5.56 Å². The highest BCUT2D eigenvalue weighted by molar-refractivity contribution is 5.99.